The summed E-state index contributed by atoms with van der Waals surface area (Å²) < 4.78 is 25.1. The molecule has 1 aliphatic rings. The Labute approximate surface area is 120 Å². The standard InChI is InChI=1S/C16H24FNO2/c1-19-10-5-11-20-16(13-6-4-9-18-12-13)14-7-2-3-8-15(14)17/h2-3,7-8,13,16,18H,4-6,9-12H2,1H3/t13?,16-/m1/s1. The Balaban J connectivity index is 2.04. The van der Waals surface area contributed by atoms with Gasteiger partial charge in [-0.3, -0.25) is 0 Å². The van der Waals surface area contributed by atoms with Crippen LogP contribution in [0.2, 0.25) is 0 Å². The molecule has 1 aromatic rings. The quantitative estimate of drug-likeness (QED) is 0.780. The van der Waals surface area contributed by atoms with E-state index in [9.17, 15) is 4.39 Å². The van der Waals surface area contributed by atoms with E-state index >= 15 is 0 Å². The van der Waals surface area contributed by atoms with E-state index in [0.717, 1.165) is 32.4 Å². The van der Waals surface area contributed by atoms with E-state index in [1.165, 1.54) is 6.07 Å². The van der Waals surface area contributed by atoms with Crippen LogP contribution in [0.25, 0.3) is 0 Å². The molecule has 20 heavy (non-hydrogen) atoms. The Kier molecular flexibility index (Phi) is 6.43. The third-order valence-electron chi connectivity index (χ3n) is 3.77. The molecule has 0 aromatic heterocycles. The molecule has 112 valence electrons. The van der Waals surface area contributed by atoms with E-state index in [1.807, 2.05) is 12.1 Å². The number of halogens is 1. The first-order valence-electron chi connectivity index (χ1n) is 7.38. The van der Waals surface area contributed by atoms with Crippen molar-refractivity contribution in [3.63, 3.8) is 0 Å². The molecule has 1 saturated heterocycles. The number of hydrogen-bond donors (Lipinski definition) is 1. The number of benzene rings is 1. The highest BCUT2D eigenvalue weighted by Gasteiger charge is 2.27. The van der Waals surface area contributed by atoms with Crippen molar-refractivity contribution in [3.8, 4) is 0 Å². The van der Waals surface area contributed by atoms with Gasteiger partial charge in [-0.05, 0) is 31.9 Å². The van der Waals surface area contributed by atoms with E-state index in [4.69, 9.17) is 9.47 Å². The molecule has 1 aliphatic heterocycles. The fourth-order valence-corrected chi connectivity index (χ4v) is 2.74. The molecule has 0 amide bonds. The first kappa shape index (κ1) is 15.4. The lowest BCUT2D eigenvalue weighted by atomic mass is 9.89. The van der Waals surface area contributed by atoms with Crippen LogP contribution in [-0.2, 0) is 9.47 Å². The van der Waals surface area contributed by atoms with Crippen LogP contribution < -0.4 is 5.32 Å². The molecule has 0 bridgehead atoms. The highest BCUT2D eigenvalue weighted by atomic mass is 19.1. The van der Waals surface area contributed by atoms with Gasteiger partial charge in [0.1, 0.15) is 5.82 Å². The fraction of sp³-hybridized carbons (Fsp3) is 0.625. The smallest absolute Gasteiger partial charge is 0.129 e. The Morgan fingerprint density at radius 3 is 2.90 bits per heavy atom. The molecule has 0 aliphatic carbocycles. The lowest BCUT2D eigenvalue weighted by molar-refractivity contribution is -0.00697. The molecular formula is C16H24FNO2. The van der Waals surface area contributed by atoms with E-state index in [0.29, 0.717) is 24.7 Å². The zero-order valence-electron chi connectivity index (χ0n) is 12.1. The molecule has 0 radical (unpaired) electrons. The second-order valence-electron chi connectivity index (χ2n) is 5.27. The molecule has 2 atom stereocenters. The molecule has 1 unspecified atom stereocenters. The molecule has 1 N–H and O–H groups in total. The molecular weight excluding hydrogens is 257 g/mol. The van der Waals surface area contributed by atoms with E-state index in [1.54, 1.807) is 13.2 Å². The van der Waals surface area contributed by atoms with Crippen LogP contribution in [-0.4, -0.2) is 33.4 Å². The van der Waals surface area contributed by atoms with Crippen molar-refractivity contribution in [2.75, 3.05) is 33.4 Å². The number of methoxy groups -OCH3 is 1. The van der Waals surface area contributed by atoms with Crippen LogP contribution >= 0.6 is 0 Å². The van der Waals surface area contributed by atoms with Crippen molar-refractivity contribution in [1.29, 1.82) is 0 Å². The number of hydrogen-bond acceptors (Lipinski definition) is 3. The SMILES string of the molecule is COCCCO[C@@H](c1ccccc1F)C1CCCNC1. The molecule has 2 rings (SSSR count). The van der Waals surface area contributed by atoms with E-state index < -0.39 is 0 Å². The van der Waals surface area contributed by atoms with Gasteiger partial charge in [0.25, 0.3) is 0 Å². The van der Waals surface area contributed by atoms with E-state index in [-0.39, 0.29) is 11.9 Å². The summed E-state index contributed by atoms with van der Waals surface area (Å²) in [5.74, 6) is 0.165. The zero-order valence-corrected chi connectivity index (χ0v) is 12.1. The Morgan fingerprint density at radius 1 is 1.35 bits per heavy atom. The average molecular weight is 281 g/mol. The summed E-state index contributed by atoms with van der Waals surface area (Å²) in [6.07, 6.45) is 2.87. The number of rotatable bonds is 7. The number of nitrogens with one attached hydrogen (secondary N) is 1. The fourth-order valence-electron chi connectivity index (χ4n) is 2.74. The van der Waals surface area contributed by atoms with Crippen molar-refractivity contribution < 1.29 is 13.9 Å². The summed E-state index contributed by atoms with van der Waals surface area (Å²) in [6, 6.07) is 6.95. The van der Waals surface area contributed by atoms with E-state index in [2.05, 4.69) is 5.32 Å². The Morgan fingerprint density at radius 2 is 2.20 bits per heavy atom. The van der Waals surface area contributed by atoms with Crippen LogP contribution in [0, 0.1) is 11.7 Å². The lowest BCUT2D eigenvalue weighted by Crippen LogP contribution is -2.34. The summed E-state index contributed by atoms with van der Waals surface area (Å²) >= 11 is 0. The Hall–Kier alpha value is -0.970. The van der Waals surface area contributed by atoms with Gasteiger partial charge < -0.3 is 14.8 Å². The molecule has 1 aromatic carbocycles. The molecule has 3 nitrogen and oxygen atoms in total. The molecule has 0 spiro atoms. The highest BCUT2D eigenvalue weighted by molar-refractivity contribution is 5.21. The largest absolute Gasteiger partial charge is 0.385 e. The predicted octanol–water partition coefficient (Wildman–Crippen LogP) is 2.92. The average Bonchev–Trinajstić information content (AvgIpc) is 2.49. The van der Waals surface area contributed by atoms with Crippen LogP contribution in [0.4, 0.5) is 4.39 Å². The zero-order chi connectivity index (χ0) is 14.2. The third kappa shape index (κ3) is 4.27. The number of piperidine rings is 1. The van der Waals surface area contributed by atoms with Crippen LogP contribution in [0.3, 0.4) is 0 Å². The van der Waals surface area contributed by atoms with Crippen molar-refractivity contribution >= 4 is 0 Å². The lowest BCUT2D eigenvalue weighted by Gasteiger charge is -2.31. The molecule has 4 heteroatoms. The van der Waals surface area contributed by atoms with Gasteiger partial charge in [-0.25, -0.2) is 4.39 Å². The summed E-state index contributed by atoms with van der Waals surface area (Å²) in [5.41, 5.74) is 0.679. The Bertz CT molecular complexity index is 394. The second kappa shape index (κ2) is 8.35. The van der Waals surface area contributed by atoms with Gasteiger partial charge in [0, 0.05) is 38.3 Å². The van der Waals surface area contributed by atoms with Crippen molar-refractivity contribution in [3.05, 3.63) is 35.6 Å². The monoisotopic (exact) mass is 281 g/mol. The second-order valence-corrected chi connectivity index (χ2v) is 5.27. The van der Waals surface area contributed by atoms with Crippen LogP contribution in [0.15, 0.2) is 24.3 Å². The maximum absolute atomic E-state index is 14.0. The maximum Gasteiger partial charge on any atom is 0.129 e. The normalized spacial score (nSPS) is 20.8. The minimum Gasteiger partial charge on any atom is -0.385 e. The van der Waals surface area contributed by atoms with Crippen molar-refractivity contribution in [2.45, 2.75) is 25.4 Å². The highest BCUT2D eigenvalue weighted by Crippen LogP contribution is 2.32. The van der Waals surface area contributed by atoms with Gasteiger partial charge >= 0.3 is 0 Å². The molecule has 1 fully saturated rings. The van der Waals surface area contributed by atoms with Crippen LogP contribution in [0.1, 0.15) is 30.9 Å². The van der Waals surface area contributed by atoms with Crippen LogP contribution in [0.5, 0.6) is 0 Å². The predicted molar refractivity (Wildman–Crippen MR) is 77.2 cm³/mol. The van der Waals surface area contributed by atoms with Gasteiger partial charge in [-0.2, -0.15) is 0 Å². The van der Waals surface area contributed by atoms with Gasteiger partial charge in [0.15, 0.2) is 0 Å². The summed E-state index contributed by atoms with van der Waals surface area (Å²) in [7, 11) is 1.68. The molecule has 0 saturated carbocycles. The third-order valence-corrected chi connectivity index (χ3v) is 3.77. The first-order chi connectivity index (χ1) is 9.83. The molecule has 1 heterocycles. The van der Waals surface area contributed by atoms with Gasteiger partial charge in [0.2, 0.25) is 0 Å². The maximum atomic E-state index is 14.0. The van der Waals surface area contributed by atoms with Gasteiger partial charge in [0.05, 0.1) is 6.10 Å². The minimum absolute atomic E-state index is 0.166. The first-order valence-corrected chi connectivity index (χ1v) is 7.38. The summed E-state index contributed by atoms with van der Waals surface area (Å²) in [5, 5.41) is 3.38. The van der Waals surface area contributed by atoms with Crippen molar-refractivity contribution in [1.82, 2.24) is 5.32 Å². The van der Waals surface area contributed by atoms with Crippen molar-refractivity contribution in [2.24, 2.45) is 5.92 Å². The summed E-state index contributed by atoms with van der Waals surface area (Å²) in [4.78, 5) is 0. The van der Waals surface area contributed by atoms with Gasteiger partial charge in [-0.1, -0.05) is 18.2 Å². The topological polar surface area (TPSA) is 30.5 Å². The van der Waals surface area contributed by atoms with Gasteiger partial charge in [-0.15, -0.1) is 0 Å². The number of ether oxygens (including phenoxy) is 2. The summed E-state index contributed by atoms with van der Waals surface area (Å²) in [6.45, 7) is 3.21. The minimum atomic E-state index is -0.171.